The van der Waals surface area contributed by atoms with Gasteiger partial charge in [0.05, 0.1) is 34.5 Å². The highest BCUT2D eigenvalue weighted by Gasteiger charge is 2.31. The van der Waals surface area contributed by atoms with Crippen LogP contribution >= 0.6 is 0 Å². The summed E-state index contributed by atoms with van der Waals surface area (Å²) in [7, 11) is 0. The van der Waals surface area contributed by atoms with Gasteiger partial charge < -0.3 is 4.90 Å². The Morgan fingerprint density at radius 2 is 1.55 bits per heavy atom. The Morgan fingerprint density at radius 1 is 0.839 bits per heavy atom. The molecule has 0 aliphatic rings. The molecule has 0 amide bonds. The molecule has 0 spiro atoms. The summed E-state index contributed by atoms with van der Waals surface area (Å²) in [5, 5.41) is 0. The molecule has 158 valence electrons. The van der Waals surface area contributed by atoms with E-state index in [1.165, 1.54) is 6.07 Å². The minimum absolute atomic E-state index is 0.240. The number of alkyl halides is 3. The van der Waals surface area contributed by atoms with E-state index in [9.17, 15) is 13.2 Å². The standard InChI is InChI=1S/C25H22F3N3/c1-3-31(20-12-9-17(2)10-13-20)16-23-24(18-7-5-4-6-8-18)30-21-14-11-19(25(26,27)28)15-22(21)29-23/h4-15H,3,16H2,1-2H3. The lowest BCUT2D eigenvalue weighted by Gasteiger charge is -2.24. The summed E-state index contributed by atoms with van der Waals surface area (Å²) in [6.07, 6.45) is -4.43. The number of hydrogen-bond donors (Lipinski definition) is 0. The van der Waals surface area contributed by atoms with Crippen molar-refractivity contribution < 1.29 is 13.2 Å². The van der Waals surface area contributed by atoms with Gasteiger partial charge in [-0.25, -0.2) is 9.97 Å². The number of anilines is 1. The first-order valence-corrected chi connectivity index (χ1v) is 10.1. The van der Waals surface area contributed by atoms with Gasteiger partial charge in [0.2, 0.25) is 0 Å². The second kappa shape index (κ2) is 8.38. The summed E-state index contributed by atoms with van der Waals surface area (Å²) in [4.78, 5) is 11.5. The summed E-state index contributed by atoms with van der Waals surface area (Å²) in [5.74, 6) is 0. The molecule has 3 nitrogen and oxygen atoms in total. The molecule has 0 aliphatic heterocycles. The Hall–Kier alpha value is -3.41. The first-order chi connectivity index (χ1) is 14.8. The fourth-order valence-electron chi connectivity index (χ4n) is 3.53. The van der Waals surface area contributed by atoms with Gasteiger partial charge in [-0.15, -0.1) is 0 Å². The third-order valence-corrected chi connectivity index (χ3v) is 5.23. The highest BCUT2D eigenvalue weighted by molar-refractivity contribution is 5.79. The summed E-state index contributed by atoms with van der Waals surface area (Å²) in [6.45, 7) is 5.22. The average molecular weight is 421 g/mol. The van der Waals surface area contributed by atoms with E-state index in [0.717, 1.165) is 35.5 Å². The monoisotopic (exact) mass is 421 g/mol. The predicted octanol–water partition coefficient (Wildman–Crippen LogP) is 6.65. The minimum Gasteiger partial charge on any atom is -0.366 e. The zero-order valence-electron chi connectivity index (χ0n) is 17.3. The van der Waals surface area contributed by atoms with Crippen molar-refractivity contribution in [3.8, 4) is 11.3 Å². The SMILES string of the molecule is CCN(Cc1nc2cc(C(F)(F)F)ccc2nc1-c1ccccc1)c1ccc(C)cc1. The van der Waals surface area contributed by atoms with Gasteiger partial charge in [0.1, 0.15) is 0 Å². The second-order valence-corrected chi connectivity index (χ2v) is 7.44. The van der Waals surface area contributed by atoms with E-state index in [1.54, 1.807) is 0 Å². The molecule has 0 aliphatic carbocycles. The summed E-state index contributed by atoms with van der Waals surface area (Å²) in [5.41, 5.74) is 4.34. The number of hydrogen-bond acceptors (Lipinski definition) is 3. The Labute approximate surface area is 179 Å². The van der Waals surface area contributed by atoms with E-state index >= 15 is 0 Å². The van der Waals surface area contributed by atoms with Crippen LogP contribution in [0.25, 0.3) is 22.3 Å². The molecule has 0 radical (unpaired) electrons. The molecule has 3 aromatic carbocycles. The van der Waals surface area contributed by atoms with Crippen LogP contribution in [0.3, 0.4) is 0 Å². The summed E-state index contributed by atoms with van der Waals surface area (Å²) >= 11 is 0. The van der Waals surface area contributed by atoms with Gasteiger partial charge in [-0.05, 0) is 44.2 Å². The largest absolute Gasteiger partial charge is 0.416 e. The number of rotatable bonds is 5. The molecule has 4 aromatic rings. The Balaban J connectivity index is 1.84. The maximum Gasteiger partial charge on any atom is 0.416 e. The number of halogens is 3. The van der Waals surface area contributed by atoms with Gasteiger partial charge in [-0.3, -0.25) is 0 Å². The molecule has 4 rings (SSSR count). The molecule has 0 fully saturated rings. The topological polar surface area (TPSA) is 29.0 Å². The first kappa shape index (κ1) is 20.8. The number of aryl methyl sites for hydroxylation is 1. The van der Waals surface area contributed by atoms with Gasteiger partial charge >= 0.3 is 6.18 Å². The van der Waals surface area contributed by atoms with Gasteiger partial charge in [0.15, 0.2) is 0 Å². The molecule has 31 heavy (non-hydrogen) atoms. The van der Waals surface area contributed by atoms with E-state index in [4.69, 9.17) is 4.98 Å². The van der Waals surface area contributed by atoms with Gasteiger partial charge in [-0.2, -0.15) is 13.2 Å². The number of aromatic nitrogens is 2. The molecule has 0 N–H and O–H groups in total. The maximum absolute atomic E-state index is 13.2. The molecule has 1 aromatic heterocycles. The van der Waals surface area contributed by atoms with Crippen molar-refractivity contribution in [3.05, 3.63) is 89.6 Å². The van der Waals surface area contributed by atoms with Crippen molar-refractivity contribution in [2.75, 3.05) is 11.4 Å². The molecule has 0 bridgehead atoms. The predicted molar refractivity (Wildman–Crippen MR) is 118 cm³/mol. The Kier molecular flexibility index (Phi) is 5.63. The van der Waals surface area contributed by atoms with Crippen LogP contribution in [0, 0.1) is 6.92 Å². The van der Waals surface area contributed by atoms with Gasteiger partial charge in [0, 0.05) is 17.8 Å². The second-order valence-electron chi connectivity index (χ2n) is 7.44. The first-order valence-electron chi connectivity index (χ1n) is 10.1. The van der Waals surface area contributed by atoms with Crippen molar-refractivity contribution in [3.63, 3.8) is 0 Å². The van der Waals surface area contributed by atoms with Crippen molar-refractivity contribution in [2.45, 2.75) is 26.6 Å². The fraction of sp³-hybridized carbons (Fsp3) is 0.200. The molecular formula is C25H22F3N3. The highest BCUT2D eigenvalue weighted by Crippen LogP contribution is 2.32. The van der Waals surface area contributed by atoms with Crippen molar-refractivity contribution in [2.24, 2.45) is 0 Å². The average Bonchev–Trinajstić information content (AvgIpc) is 2.77. The zero-order chi connectivity index (χ0) is 22.0. The highest BCUT2D eigenvalue weighted by atomic mass is 19.4. The van der Waals surface area contributed by atoms with Crippen LogP contribution in [0.15, 0.2) is 72.8 Å². The zero-order valence-corrected chi connectivity index (χ0v) is 17.3. The summed E-state index contributed by atoms with van der Waals surface area (Å²) < 4.78 is 39.7. The molecule has 0 atom stereocenters. The Bertz CT molecular complexity index is 1190. The molecule has 0 unspecified atom stereocenters. The third-order valence-electron chi connectivity index (χ3n) is 5.23. The molecule has 6 heteroatoms. The van der Waals surface area contributed by atoms with Crippen molar-refractivity contribution in [1.82, 2.24) is 9.97 Å². The van der Waals surface area contributed by atoms with E-state index < -0.39 is 11.7 Å². The van der Waals surface area contributed by atoms with Gasteiger partial charge in [0.25, 0.3) is 0 Å². The van der Waals surface area contributed by atoms with E-state index in [0.29, 0.717) is 23.4 Å². The molecule has 1 heterocycles. The van der Waals surface area contributed by atoms with E-state index in [1.807, 2.05) is 68.4 Å². The lowest BCUT2D eigenvalue weighted by atomic mass is 10.1. The lowest BCUT2D eigenvalue weighted by Crippen LogP contribution is -2.23. The van der Waals surface area contributed by atoms with E-state index in [-0.39, 0.29) is 5.52 Å². The maximum atomic E-state index is 13.2. The van der Waals surface area contributed by atoms with E-state index in [2.05, 4.69) is 9.88 Å². The van der Waals surface area contributed by atoms with Crippen LogP contribution in [0.5, 0.6) is 0 Å². The normalized spacial score (nSPS) is 11.6. The number of benzene rings is 3. The lowest BCUT2D eigenvalue weighted by molar-refractivity contribution is -0.137. The quantitative estimate of drug-likeness (QED) is 0.361. The smallest absolute Gasteiger partial charge is 0.366 e. The summed E-state index contributed by atoms with van der Waals surface area (Å²) in [6, 6.07) is 21.3. The van der Waals surface area contributed by atoms with Crippen molar-refractivity contribution >= 4 is 16.7 Å². The molecule has 0 saturated carbocycles. The minimum atomic E-state index is -4.43. The third kappa shape index (κ3) is 4.53. The van der Waals surface area contributed by atoms with Crippen LogP contribution in [-0.4, -0.2) is 16.5 Å². The van der Waals surface area contributed by atoms with Crippen molar-refractivity contribution in [1.29, 1.82) is 0 Å². The van der Waals surface area contributed by atoms with Crippen LogP contribution in [-0.2, 0) is 12.7 Å². The number of nitrogens with zero attached hydrogens (tertiary/aromatic N) is 3. The fourth-order valence-corrected chi connectivity index (χ4v) is 3.53. The number of fused-ring (bicyclic) bond motifs is 1. The van der Waals surface area contributed by atoms with Crippen LogP contribution in [0.4, 0.5) is 18.9 Å². The molecule has 0 saturated heterocycles. The van der Waals surface area contributed by atoms with Gasteiger partial charge in [-0.1, -0.05) is 48.0 Å². The van der Waals surface area contributed by atoms with Crippen LogP contribution in [0.2, 0.25) is 0 Å². The van der Waals surface area contributed by atoms with Crippen LogP contribution < -0.4 is 4.90 Å². The van der Waals surface area contributed by atoms with Crippen LogP contribution in [0.1, 0.15) is 23.7 Å². The molecular weight excluding hydrogens is 399 g/mol. The Morgan fingerprint density at radius 3 is 2.19 bits per heavy atom.